The first-order valence-corrected chi connectivity index (χ1v) is 5.66. The second-order valence-corrected chi connectivity index (χ2v) is 4.43. The molecule has 1 aromatic heterocycles. The molecule has 82 valence electrons. The van der Waals surface area contributed by atoms with Gasteiger partial charge in [-0.15, -0.1) is 0 Å². The van der Waals surface area contributed by atoms with Gasteiger partial charge in [-0.05, 0) is 24.0 Å². The molecule has 1 aromatic rings. The summed E-state index contributed by atoms with van der Waals surface area (Å²) in [4.78, 5) is 13.5. The van der Waals surface area contributed by atoms with E-state index in [2.05, 4.69) is 4.98 Å². The molecule has 3 nitrogen and oxygen atoms in total. The number of hydrogen-bond acceptors (Lipinski definition) is 1. The van der Waals surface area contributed by atoms with Gasteiger partial charge in [-0.3, -0.25) is 0 Å². The molecule has 0 spiro atoms. The van der Waals surface area contributed by atoms with E-state index in [0.29, 0.717) is 5.69 Å². The second kappa shape index (κ2) is 4.51. The van der Waals surface area contributed by atoms with E-state index in [4.69, 9.17) is 5.11 Å². The van der Waals surface area contributed by atoms with Crippen LogP contribution in [-0.4, -0.2) is 16.1 Å². The number of aromatic carboxylic acids is 1. The zero-order valence-electron chi connectivity index (χ0n) is 8.83. The summed E-state index contributed by atoms with van der Waals surface area (Å²) in [5.74, 6) is -0.110. The summed E-state index contributed by atoms with van der Waals surface area (Å²) in [6, 6.07) is 1.76. The fourth-order valence-electron chi connectivity index (χ4n) is 2.41. The number of aromatic nitrogens is 1. The van der Waals surface area contributed by atoms with Gasteiger partial charge < -0.3 is 10.1 Å². The van der Waals surface area contributed by atoms with Crippen molar-refractivity contribution in [3.63, 3.8) is 0 Å². The number of H-pyrrole nitrogens is 1. The summed E-state index contributed by atoms with van der Waals surface area (Å²) in [5, 5.41) is 8.77. The quantitative estimate of drug-likeness (QED) is 0.800. The normalized spacial score (nSPS) is 17.9. The van der Waals surface area contributed by atoms with Crippen LogP contribution in [0, 0.1) is 5.92 Å². The molecule has 1 fully saturated rings. The first-order valence-electron chi connectivity index (χ1n) is 5.66. The standard InChI is InChI=1S/C12H17NO2/c14-12(15)11-7-10(8-13-11)6-9-4-2-1-3-5-9/h7-9,13H,1-6H2,(H,14,15). The maximum absolute atomic E-state index is 10.7. The third-order valence-corrected chi connectivity index (χ3v) is 3.22. The summed E-state index contributed by atoms with van der Waals surface area (Å²) in [5.41, 5.74) is 1.44. The van der Waals surface area contributed by atoms with Gasteiger partial charge in [0.15, 0.2) is 0 Å². The predicted octanol–water partition coefficient (Wildman–Crippen LogP) is 2.84. The van der Waals surface area contributed by atoms with Gasteiger partial charge in [-0.25, -0.2) is 4.79 Å². The Hall–Kier alpha value is -1.25. The van der Waals surface area contributed by atoms with Crippen molar-refractivity contribution >= 4 is 5.97 Å². The van der Waals surface area contributed by atoms with Crippen molar-refractivity contribution in [2.75, 3.05) is 0 Å². The minimum atomic E-state index is -0.870. The van der Waals surface area contributed by atoms with Gasteiger partial charge in [-0.1, -0.05) is 32.1 Å². The number of carbonyl (C=O) groups is 1. The summed E-state index contributed by atoms with van der Waals surface area (Å²) >= 11 is 0. The molecular weight excluding hydrogens is 190 g/mol. The molecule has 0 aromatic carbocycles. The van der Waals surface area contributed by atoms with E-state index in [1.165, 1.54) is 32.1 Å². The maximum Gasteiger partial charge on any atom is 0.352 e. The molecule has 15 heavy (non-hydrogen) atoms. The Morgan fingerprint density at radius 3 is 2.73 bits per heavy atom. The second-order valence-electron chi connectivity index (χ2n) is 4.43. The molecule has 2 rings (SSSR count). The average molecular weight is 207 g/mol. The zero-order chi connectivity index (χ0) is 10.7. The Morgan fingerprint density at radius 2 is 2.13 bits per heavy atom. The third kappa shape index (κ3) is 2.61. The highest BCUT2D eigenvalue weighted by Gasteiger charge is 2.15. The van der Waals surface area contributed by atoms with Gasteiger partial charge in [-0.2, -0.15) is 0 Å². The van der Waals surface area contributed by atoms with Gasteiger partial charge >= 0.3 is 5.97 Å². The van der Waals surface area contributed by atoms with Gasteiger partial charge in [0.05, 0.1) is 0 Å². The number of nitrogens with one attached hydrogen (secondary N) is 1. The molecule has 0 unspecified atom stereocenters. The van der Waals surface area contributed by atoms with Crippen molar-refractivity contribution in [2.45, 2.75) is 38.5 Å². The van der Waals surface area contributed by atoms with Crippen LogP contribution >= 0.6 is 0 Å². The Morgan fingerprint density at radius 1 is 1.40 bits per heavy atom. The molecule has 1 aliphatic carbocycles. The first kappa shape index (κ1) is 10.3. The number of carboxylic acid groups (broad SMARTS) is 1. The van der Waals surface area contributed by atoms with Crippen molar-refractivity contribution in [3.8, 4) is 0 Å². The molecule has 0 radical (unpaired) electrons. The lowest BCUT2D eigenvalue weighted by Gasteiger charge is -2.20. The molecule has 2 N–H and O–H groups in total. The molecule has 0 saturated heterocycles. The molecule has 1 saturated carbocycles. The minimum Gasteiger partial charge on any atom is -0.477 e. The van der Waals surface area contributed by atoms with Crippen molar-refractivity contribution in [2.24, 2.45) is 5.92 Å². The maximum atomic E-state index is 10.7. The molecule has 0 amide bonds. The van der Waals surface area contributed by atoms with Crippen molar-refractivity contribution < 1.29 is 9.90 Å². The largest absolute Gasteiger partial charge is 0.477 e. The van der Waals surface area contributed by atoms with Crippen LogP contribution in [0.2, 0.25) is 0 Å². The van der Waals surface area contributed by atoms with Crippen LogP contribution in [0.15, 0.2) is 12.3 Å². The number of carboxylic acids is 1. The summed E-state index contributed by atoms with van der Waals surface area (Å²) in [7, 11) is 0. The molecule has 0 bridgehead atoms. The Kier molecular flexibility index (Phi) is 3.09. The lowest BCUT2D eigenvalue weighted by Crippen LogP contribution is -2.08. The minimum absolute atomic E-state index is 0.306. The molecule has 1 aliphatic rings. The van der Waals surface area contributed by atoms with Crippen LogP contribution in [0.3, 0.4) is 0 Å². The number of rotatable bonds is 3. The van der Waals surface area contributed by atoms with E-state index in [1.54, 1.807) is 6.07 Å². The van der Waals surface area contributed by atoms with E-state index >= 15 is 0 Å². The molecular formula is C12H17NO2. The summed E-state index contributed by atoms with van der Waals surface area (Å²) < 4.78 is 0. The van der Waals surface area contributed by atoms with Crippen LogP contribution in [0.5, 0.6) is 0 Å². The van der Waals surface area contributed by atoms with Gasteiger partial charge in [0.25, 0.3) is 0 Å². The summed E-state index contributed by atoms with van der Waals surface area (Å²) in [6.07, 6.45) is 9.49. The number of hydrogen-bond donors (Lipinski definition) is 2. The SMILES string of the molecule is O=C(O)c1cc(CC2CCCCC2)c[nH]1. The predicted molar refractivity (Wildman–Crippen MR) is 58.0 cm³/mol. The van der Waals surface area contributed by atoms with Crippen LogP contribution in [-0.2, 0) is 6.42 Å². The van der Waals surface area contributed by atoms with Gasteiger partial charge in [0.2, 0.25) is 0 Å². The first-order chi connectivity index (χ1) is 7.25. The smallest absolute Gasteiger partial charge is 0.352 e. The zero-order valence-corrected chi connectivity index (χ0v) is 8.83. The highest BCUT2D eigenvalue weighted by Crippen LogP contribution is 2.26. The Balaban J connectivity index is 1.94. The molecule has 0 atom stereocenters. The Bertz CT molecular complexity index is 337. The highest BCUT2D eigenvalue weighted by molar-refractivity contribution is 5.85. The molecule has 1 heterocycles. The lowest BCUT2D eigenvalue weighted by molar-refractivity contribution is 0.0691. The van der Waals surface area contributed by atoms with E-state index in [-0.39, 0.29) is 0 Å². The van der Waals surface area contributed by atoms with E-state index in [1.807, 2.05) is 6.20 Å². The topological polar surface area (TPSA) is 53.1 Å². The van der Waals surface area contributed by atoms with Crippen LogP contribution < -0.4 is 0 Å². The lowest BCUT2D eigenvalue weighted by atomic mass is 9.85. The third-order valence-electron chi connectivity index (χ3n) is 3.22. The van der Waals surface area contributed by atoms with E-state index < -0.39 is 5.97 Å². The Labute approximate surface area is 89.5 Å². The summed E-state index contributed by atoms with van der Waals surface area (Å²) in [6.45, 7) is 0. The monoisotopic (exact) mass is 207 g/mol. The molecule has 0 aliphatic heterocycles. The van der Waals surface area contributed by atoms with E-state index in [9.17, 15) is 4.79 Å². The van der Waals surface area contributed by atoms with Gasteiger partial charge in [0.1, 0.15) is 5.69 Å². The van der Waals surface area contributed by atoms with Crippen molar-refractivity contribution in [1.29, 1.82) is 0 Å². The van der Waals surface area contributed by atoms with Crippen LogP contribution in [0.4, 0.5) is 0 Å². The van der Waals surface area contributed by atoms with Gasteiger partial charge in [0, 0.05) is 6.20 Å². The van der Waals surface area contributed by atoms with Crippen molar-refractivity contribution in [3.05, 3.63) is 23.5 Å². The van der Waals surface area contributed by atoms with Crippen LogP contribution in [0.1, 0.15) is 48.2 Å². The fourth-order valence-corrected chi connectivity index (χ4v) is 2.41. The van der Waals surface area contributed by atoms with E-state index in [0.717, 1.165) is 17.9 Å². The van der Waals surface area contributed by atoms with Crippen LogP contribution in [0.25, 0.3) is 0 Å². The van der Waals surface area contributed by atoms with Crippen molar-refractivity contribution in [1.82, 2.24) is 4.98 Å². The molecule has 3 heteroatoms. The fraction of sp³-hybridized carbons (Fsp3) is 0.583. The average Bonchev–Trinajstić information content (AvgIpc) is 2.68. The number of aromatic amines is 1. The highest BCUT2D eigenvalue weighted by atomic mass is 16.4.